The standard InChI is InChI=1S/C9H13N5O3/c1-17-5-4-11-9(10)13-8-3-2-7(6-12-8)14(15)16/h2-3,6H,4-5H2,1H3,(H3,10,11,12,13). The van der Waals surface area contributed by atoms with E-state index in [1.54, 1.807) is 7.11 Å². The van der Waals surface area contributed by atoms with Gasteiger partial charge in [0, 0.05) is 13.2 Å². The molecule has 0 saturated heterocycles. The van der Waals surface area contributed by atoms with Crippen molar-refractivity contribution in [1.82, 2.24) is 4.98 Å². The number of aliphatic imine (C=N–C) groups is 1. The number of nitro groups is 1. The van der Waals surface area contributed by atoms with E-state index in [-0.39, 0.29) is 11.6 Å². The van der Waals surface area contributed by atoms with Gasteiger partial charge in [-0.1, -0.05) is 0 Å². The highest BCUT2D eigenvalue weighted by atomic mass is 16.6. The lowest BCUT2D eigenvalue weighted by Gasteiger charge is -2.03. The van der Waals surface area contributed by atoms with E-state index in [1.165, 1.54) is 12.1 Å². The van der Waals surface area contributed by atoms with E-state index in [9.17, 15) is 10.1 Å². The number of rotatable bonds is 5. The van der Waals surface area contributed by atoms with Crippen molar-refractivity contribution < 1.29 is 9.66 Å². The topological polar surface area (TPSA) is 116 Å². The van der Waals surface area contributed by atoms with E-state index in [0.29, 0.717) is 19.0 Å². The Kier molecular flexibility index (Phi) is 4.82. The van der Waals surface area contributed by atoms with E-state index < -0.39 is 4.92 Å². The summed E-state index contributed by atoms with van der Waals surface area (Å²) >= 11 is 0. The first-order valence-electron chi connectivity index (χ1n) is 4.80. The Morgan fingerprint density at radius 1 is 1.71 bits per heavy atom. The van der Waals surface area contributed by atoms with Gasteiger partial charge >= 0.3 is 0 Å². The van der Waals surface area contributed by atoms with Crippen LogP contribution in [0.1, 0.15) is 0 Å². The van der Waals surface area contributed by atoms with Crippen LogP contribution in [0.3, 0.4) is 0 Å². The highest BCUT2D eigenvalue weighted by molar-refractivity contribution is 5.91. The number of methoxy groups -OCH3 is 1. The molecule has 0 aromatic carbocycles. The van der Waals surface area contributed by atoms with E-state index >= 15 is 0 Å². The molecule has 1 rings (SSSR count). The minimum absolute atomic E-state index is 0.0783. The first-order chi connectivity index (χ1) is 8.13. The Balaban J connectivity index is 2.56. The molecular formula is C9H13N5O3. The van der Waals surface area contributed by atoms with Crippen LogP contribution in [0.5, 0.6) is 0 Å². The number of nitrogens with zero attached hydrogens (tertiary/aromatic N) is 3. The third-order valence-corrected chi connectivity index (χ3v) is 1.79. The largest absolute Gasteiger partial charge is 0.383 e. The normalized spacial score (nSPS) is 11.2. The van der Waals surface area contributed by atoms with Gasteiger partial charge in [0.1, 0.15) is 12.0 Å². The first-order valence-corrected chi connectivity index (χ1v) is 4.80. The molecule has 1 aromatic heterocycles. The maximum Gasteiger partial charge on any atom is 0.287 e. The summed E-state index contributed by atoms with van der Waals surface area (Å²) in [4.78, 5) is 17.6. The third kappa shape index (κ3) is 4.43. The minimum atomic E-state index is -0.521. The number of pyridine rings is 1. The molecule has 0 aliphatic carbocycles. The Hall–Kier alpha value is -2.22. The van der Waals surface area contributed by atoms with E-state index in [0.717, 1.165) is 6.20 Å². The molecular weight excluding hydrogens is 226 g/mol. The molecule has 8 heteroatoms. The molecule has 92 valence electrons. The third-order valence-electron chi connectivity index (χ3n) is 1.79. The summed E-state index contributed by atoms with van der Waals surface area (Å²) in [7, 11) is 1.57. The summed E-state index contributed by atoms with van der Waals surface area (Å²) in [5.41, 5.74) is 5.48. The average molecular weight is 239 g/mol. The highest BCUT2D eigenvalue weighted by Crippen LogP contribution is 2.11. The molecule has 0 bridgehead atoms. The zero-order valence-electron chi connectivity index (χ0n) is 9.29. The molecule has 0 saturated carbocycles. The van der Waals surface area contributed by atoms with Gasteiger partial charge in [0.15, 0.2) is 5.96 Å². The summed E-state index contributed by atoms with van der Waals surface area (Å²) in [6, 6.07) is 2.79. The maximum atomic E-state index is 10.4. The second kappa shape index (κ2) is 6.38. The molecule has 0 unspecified atom stereocenters. The zero-order valence-corrected chi connectivity index (χ0v) is 9.29. The van der Waals surface area contributed by atoms with Gasteiger partial charge in [-0.2, -0.15) is 0 Å². The highest BCUT2D eigenvalue weighted by Gasteiger charge is 2.05. The van der Waals surface area contributed by atoms with Gasteiger partial charge in [-0.05, 0) is 6.07 Å². The van der Waals surface area contributed by atoms with E-state index in [1.807, 2.05) is 0 Å². The number of hydrogen-bond donors (Lipinski definition) is 2. The van der Waals surface area contributed by atoms with Crippen LogP contribution in [0.25, 0.3) is 0 Å². The molecule has 3 N–H and O–H groups in total. The Morgan fingerprint density at radius 2 is 2.47 bits per heavy atom. The first kappa shape index (κ1) is 12.8. The second-order valence-electron chi connectivity index (χ2n) is 3.04. The Bertz CT molecular complexity index is 404. The molecule has 8 nitrogen and oxygen atoms in total. The molecule has 17 heavy (non-hydrogen) atoms. The minimum Gasteiger partial charge on any atom is -0.383 e. The monoisotopic (exact) mass is 239 g/mol. The predicted octanol–water partition coefficient (Wildman–Crippen LogP) is 0.363. The Labute approximate surface area is 97.7 Å². The molecule has 0 spiro atoms. The fourth-order valence-corrected chi connectivity index (χ4v) is 0.996. The van der Waals surface area contributed by atoms with E-state index in [4.69, 9.17) is 10.5 Å². The quantitative estimate of drug-likeness (QED) is 0.252. The van der Waals surface area contributed by atoms with Crippen LogP contribution < -0.4 is 11.1 Å². The van der Waals surface area contributed by atoms with Crippen molar-refractivity contribution in [3.8, 4) is 0 Å². The number of ether oxygens (including phenoxy) is 1. The van der Waals surface area contributed by atoms with Crippen LogP contribution in [0.2, 0.25) is 0 Å². The van der Waals surface area contributed by atoms with Crippen LogP contribution in [-0.4, -0.2) is 36.1 Å². The summed E-state index contributed by atoms with van der Waals surface area (Å²) < 4.78 is 4.80. The number of guanidine groups is 1. The van der Waals surface area contributed by atoms with E-state index in [2.05, 4.69) is 15.3 Å². The number of aromatic nitrogens is 1. The van der Waals surface area contributed by atoms with Gasteiger partial charge in [-0.25, -0.2) is 4.98 Å². The van der Waals surface area contributed by atoms with Crippen molar-refractivity contribution in [3.63, 3.8) is 0 Å². The van der Waals surface area contributed by atoms with Crippen LogP contribution in [-0.2, 0) is 4.74 Å². The summed E-state index contributed by atoms with van der Waals surface area (Å²) in [6.07, 6.45) is 1.14. The van der Waals surface area contributed by atoms with Gasteiger partial charge in [0.05, 0.1) is 18.1 Å². The lowest BCUT2D eigenvalue weighted by atomic mass is 10.4. The molecule has 0 amide bonds. The van der Waals surface area contributed by atoms with Gasteiger partial charge in [-0.3, -0.25) is 15.1 Å². The number of anilines is 1. The molecule has 0 aliphatic rings. The average Bonchev–Trinajstić information content (AvgIpc) is 2.30. The second-order valence-corrected chi connectivity index (χ2v) is 3.04. The predicted molar refractivity (Wildman–Crippen MR) is 62.9 cm³/mol. The van der Waals surface area contributed by atoms with Crippen molar-refractivity contribution in [2.75, 3.05) is 25.6 Å². The van der Waals surface area contributed by atoms with Gasteiger partial charge < -0.3 is 15.8 Å². The van der Waals surface area contributed by atoms with Crippen molar-refractivity contribution in [2.45, 2.75) is 0 Å². The fourth-order valence-electron chi connectivity index (χ4n) is 0.996. The molecule has 1 aromatic rings. The summed E-state index contributed by atoms with van der Waals surface area (Å²) in [5, 5.41) is 13.1. The smallest absolute Gasteiger partial charge is 0.287 e. The summed E-state index contributed by atoms with van der Waals surface area (Å²) in [6.45, 7) is 0.901. The van der Waals surface area contributed by atoms with Gasteiger partial charge in [0.2, 0.25) is 0 Å². The fraction of sp³-hybridized carbons (Fsp3) is 0.333. The molecule has 0 radical (unpaired) electrons. The van der Waals surface area contributed by atoms with Crippen molar-refractivity contribution in [3.05, 3.63) is 28.4 Å². The van der Waals surface area contributed by atoms with Crippen LogP contribution in [0.4, 0.5) is 11.5 Å². The lowest BCUT2D eigenvalue weighted by molar-refractivity contribution is -0.385. The molecule has 0 atom stereocenters. The van der Waals surface area contributed by atoms with Crippen molar-refractivity contribution >= 4 is 17.5 Å². The number of nitrogens with one attached hydrogen (secondary N) is 1. The van der Waals surface area contributed by atoms with Crippen LogP contribution in [0, 0.1) is 10.1 Å². The Morgan fingerprint density at radius 3 is 3.00 bits per heavy atom. The molecule has 1 heterocycles. The molecule has 0 fully saturated rings. The van der Waals surface area contributed by atoms with Crippen LogP contribution in [0.15, 0.2) is 23.3 Å². The lowest BCUT2D eigenvalue weighted by Crippen LogP contribution is -2.23. The number of hydrogen-bond acceptors (Lipinski definition) is 5. The van der Waals surface area contributed by atoms with Gasteiger partial charge in [-0.15, -0.1) is 0 Å². The SMILES string of the molecule is COCCN=C(N)Nc1ccc([N+](=O)[O-])cn1. The van der Waals surface area contributed by atoms with Crippen molar-refractivity contribution in [2.24, 2.45) is 10.7 Å². The zero-order chi connectivity index (χ0) is 12.7. The summed E-state index contributed by atoms with van der Waals surface area (Å²) in [5.74, 6) is 0.581. The maximum absolute atomic E-state index is 10.4. The van der Waals surface area contributed by atoms with Crippen molar-refractivity contribution in [1.29, 1.82) is 0 Å². The number of nitrogens with two attached hydrogens (primary N) is 1. The van der Waals surface area contributed by atoms with Gasteiger partial charge in [0.25, 0.3) is 5.69 Å². The molecule has 0 aliphatic heterocycles. The van der Waals surface area contributed by atoms with Crippen LogP contribution >= 0.6 is 0 Å².